The van der Waals surface area contributed by atoms with Crippen LogP contribution in [0.2, 0.25) is 0 Å². The summed E-state index contributed by atoms with van der Waals surface area (Å²) in [4.78, 5) is 41.8. The summed E-state index contributed by atoms with van der Waals surface area (Å²) in [5.74, 6) is -0.511. The molecule has 1 heterocycles. The molecule has 2 amide bonds. The topological polar surface area (TPSA) is 175 Å². The average Bonchev–Trinajstić information content (AvgIpc) is 2.98. The van der Waals surface area contributed by atoms with E-state index in [9.17, 15) is 14.4 Å². The molecule has 0 aliphatic carbocycles. The third kappa shape index (κ3) is 8.65. The number of anilines is 2. The van der Waals surface area contributed by atoms with Gasteiger partial charge in [0, 0.05) is 29.4 Å². The molecule has 0 saturated carbocycles. The molecule has 0 fully saturated rings. The molecule has 0 saturated heterocycles. The van der Waals surface area contributed by atoms with Crippen molar-refractivity contribution in [3.8, 4) is 11.3 Å². The number of aromatic nitrogens is 2. The number of rotatable bonds is 11. The van der Waals surface area contributed by atoms with E-state index in [4.69, 9.17) is 16.2 Å². The molecule has 0 radical (unpaired) electrons. The van der Waals surface area contributed by atoms with E-state index in [1.165, 1.54) is 10.1 Å². The summed E-state index contributed by atoms with van der Waals surface area (Å²) in [5.41, 5.74) is 10.5. The Kier molecular flexibility index (Phi) is 10.3. The molecule has 11 heteroatoms. The Hall–Kier alpha value is -5.71. The first kappa shape index (κ1) is 31.2. The second-order valence-electron chi connectivity index (χ2n) is 10.4. The van der Waals surface area contributed by atoms with Gasteiger partial charge in [0.1, 0.15) is 12.4 Å². The number of benzene rings is 3. The van der Waals surface area contributed by atoms with Gasteiger partial charge in [-0.3, -0.25) is 24.9 Å². The van der Waals surface area contributed by atoms with Crippen LogP contribution in [0.1, 0.15) is 36.1 Å². The summed E-state index contributed by atoms with van der Waals surface area (Å²) < 4.78 is 1.38. The third-order valence-corrected chi connectivity index (χ3v) is 6.53. The van der Waals surface area contributed by atoms with Gasteiger partial charge in [-0.15, -0.1) is 0 Å². The monoisotopic (exact) mass is 593 g/mol. The molecule has 1 aromatic heterocycles. The van der Waals surface area contributed by atoms with Crippen molar-refractivity contribution < 1.29 is 14.7 Å². The molecular formula is C33H35N7O4. The first-order valence-corrected chi connectivity index (χ1v) is 14.0. The number of nitrogens with one attached hydrogen (secondary N) is 4. The lowest BCUT2D eigenvalue weighted by Gasteiger charge is -2.17. The summed E-state index contributed by atoms with van der Waals surface area (Å²) in [6.45, 7) is 3.69. The molecule has 7 N–H and O–H groups in total. The van der Waals surface area contributed by atoms with Gasteiger partial charge < -0.3 is 21.5 Å². The predicted octanol–water partition coefficient (Wildman–Crippen LogP) is 4.48. The van der Waals surface area contributed by atoms with Crippen LogP contribution in [-0.2, 0) is 24.3 Å². The molecule has 4 rings (SSSR count). The molecule has 226 valence electrons. The van der Waals surface area contributed by atoms with Crippen molar-refractivity contribution in [3.05, 3.63) is 118 Å². The van der Waals surface area contributed by atoms with Crippen LogP contribution in [0.5, 0.6) is 0 Å². The van der Waals surface area contributed by atoms with E-state index in [-0.39, 0.29) is 30.8 Å². The van der Waals surface area contributed by atoms with E-state index in [0.29, 0.717) is 22.5 Å². The van der Waals surface area contributed by atoms with E-state index >= 15 is 0 Å². The number of hydrogen-bond acceptors (Lipinski definition) is 7. The molecule has 11 nitrogen and oxygen atoms in total. The Morgan fingerprint density at radius 1 is 1.05 bits per heavy atom. The molecule has 0 aliphatic heterocycles. The number of carboxylic acid groups (broad SMARTS) is 1. The lowest BCUT2D eigenvalue weighted by Crippen LogP contribution is -2.35. The van der Waals surface area contributed by atoms with Crippen molar-refractivity contribution in [1.29, 1.82) is 5.41 Å². The quantitative estimate of drug-likeness (QED) is 0.0844. The first-order valence-electron chi connectivity index (χ1n) is 14.0. The molecule has 0 atom stereocenters. The summed E-state index contributed by atoms with van der Waals surface area (Å²) >= 11 is 0. The van der Waals surface area contributed by atoms with Gasteiger partial charge in [0.05, 0.1) is 11.9 Å². The predicted molar refractivity (Wildman–Crippen MR) is 173 cm³/mol. The zero-order valence-electron chi connectivity index (χ0n) is 24.5. The lowest BCUT2D eigenvalue weighted by atomic mass is 10.0. The molecule has 0 spiro atoms. The second kappa shape index (κ2) is 14.5. The van der Waals surface area contributed by atoms with Gasteiger partial charge in [-0.2, -0.15) is 0 Å². The second-order valence-corrected chi connectivity index (χ2v) is 10.4. The fourth-order valence-electron chi connectivity index (χ4n) is 4.48. The fourth-order valence-corrected chi connectivity index (χ4v) is 4.48. The van der Waals surface area contributed by atoms with E-state index in [1.807, 2.05) is 61.6 Å². The maximum atomic E-state index is 13.5. The Labute approximate surface area is 255 Å². The van der Waals surface area contributed by atoms with Gasteiger partial charge in [-0.1, -0.05) is 66.7 Å². The smallest absolute Gasteiger partial charge is 0.410 e. The van der Waals surface area contributed by atoms with Gasteiger partial charge in [0.15, 0.2) is 5.82 Å². The molecule has 4 aromatic rings. The van der Waals surface area contributed by atoms with Crippen LogP contribution in [0.3, 0.4) is 0 Å². The minimum atomic E-state index is -1.32. The lowest BCUT2D eigenvalue weighted by molar-refractivity contribution is -0.121. The minimum Gasteiger partial charge on any atom is -0.465 e. The number of nitrogen functional groups attached to an aromatic ring is 1. The van der Waals surface area contributed by atoms with E-state index in [0.717, 1.165) is 17.5 Å². The van der Waals surface area contributed by atoms with E-state index in [1.54, 1.807) is 36.5 Å². The van der Waals surface area contributed by atoms with Gasteiger partial charge in [-0.05, 0) is 55.2 Å². The average molecular weight is 594 g/mol. The van der Waals surface area contributed by atoms with E-state index in [2.05, 4.69) is 27.8 Å². The highest BCUT2D eigenvalue weighted by atomic mass is 16.4. The molecule has 0 unspecified atom stereocenters. The Balaban J connectivity index is 1.56. The van der Waals surface area contributed by atoms with Crippen LogP contribution in [0.15, 0.2) is 89.9 Å². The number of carbonyl (C=O) groups excluding carboxylic acids is 1. The van der Waals surface area contributed by atoms with Crippen molar-refractivity contribution in [1.82, 2.24) is 20.2 Å². The summed E-state index contributed by atoms with van der Waals surface area (Å²) in [6.07, 6.45) is 4.99. The van der Waals surface area contributed by atoms with Crippen LogP contribution in [-0.4, -0.2) is 38.5 Å². The molecule has 0 aliphatic rings. The number of hydrogen-bond donors (Lipinski definition) is 6. The van der Waals surface area contributed by atoms with Crippen molar-refractivity contribution in [3.63, 3.8) is 0 Å². The van der Waals surface area contributed by atoms with Crippen molar-refractivity contribution in [2.45, 2.75) is 39.4 Å². The van der Waals surface area contributed by atoms with Crippen molar-refractivity contribution in [2.75, 3.05) is 11.1 Å². The number of carbonyl (C=O) groups is 2. The maximum Gasteiger partial charge on any atom is 0.410 e. The number of allylic oxidation sites excluding steroid dienone is 1. The maximum absolute atomic E-state index is 13.5. The van der Waals surface area contributed by atoms with Crippen LogP contribution in [0.25, 0.3) is 17.3 Å². The summed E-state index contributed by atoms with van der Waals surface area (Å²) in [6, 6.07) is 22.0. The molecule has 3 aromatic carbocycles. The summed E-state index contributed by atoms with van der Waals surface area (Å²) in [7, 11) is 0. The van der Waals surface area contributed by atoms with Gasteiger partial charge >= 0.3 is 6.09 Å². The highest BCUT2D eigenvalue weighted by Gasteiger charge is 2.16. The Bertz CT molecular complexity index is 1730. The summed E-state index contributed by atoms with van der Waals surface area (Å²) in [5, 5.41) is 24.4. The highest BCUT2D eigenvalue weighted by molar-refractivity contribution is 6.04. The molecule has 0 bridgehead atoms. The zero-order valence-corrected chi connectivity index (χ0v) is 24.5. The van der Waals surface area contributed by atoms with Crippen LogP contribution < -0.4 is 27.2 Å². The SMILES string of the molecule is CC(C)Nc1ncc(-c2cc(N)cc(/C=C/Cc3ccccc3)c2)n(CC(=O)NCc2ccc(C(=N)NC(=O)O)cc2)c1=O. The zero-order chi connectivity index (χ0) is 31.6. The van der Waals surface area contributed by atoms with Crippen LogP contribution >= 0.6 is 0 Å². The molecule has 44 heavy (non-hydrogen) atoms. The van der Waals surface area contributed by atoms with E-state index < -0.39 is 17.6 Å². The van der Waals surface area contributed by atoms with Gasteiger partial charge in [0.2, 0.25) is 5.91 Å². The normalized spacial score (nSPS) is 11.0. The van der Waals surface area contributed by atoms with Gasteiger partial charge in [-0.25, -0.2) is 9.78 Å². The van der Waals surface area contributed by atoms with Gasteiger partial charge in [0.25, 0.3) is 5.56 Å². The standard InChI is InChI=1S/C33H35N7O4/c1-21(2)38-31-32(42)40(20-29(41)36-18-23-11-13-25(14-12-23)30(35)39-33(43)44)28(19-37-31)26-15-24(16-27(34)17-26)10-6-9-22-7-4-3-5-8-22/h3-8,10-17,19,21H,9,18,20,34H2,1-2H3,(H2,35,39)(H,36,41)(H,37,38)(H,43,44)/b10-6+. The number of amides is 2. The third-order valence-electron chi connectivity index (χ3n) is 6.53. The van der Waals surface area contributed by atoms with Crippen LogP contribution in [0, 0.1) is 5.41 Å². The van der Waals surface area contributed by atoms with Crippen LogP contribution in [0.4, 0.5) is 16.3 Å². The Morgan fingerprint density at radius 3 is 2.45 bits per heavy atom. The number of amidine groups is 1. The van der Waals surface area contributed by atoms with Crippen molar-refractivity contribution in [2.24, 2.45) is 0 Å². The number of nitrogens with zero attached hydrogens (tertiary/aromatic N) is 2. The largest absolute Gasteiger partial charge is 0.465 e. The highest BCUT2D eigenvalue weighted by Crippen LogP contribution is 2.24. The Morgan fingerprint density at radius 2 is 1.77 bits per heavy atom. The first-order chi connectivity index (χ1) is 21.1. The fraction of sp³-hybridized carbons (Fsp3) is 0.182. The number of nitrogens with two attached hydrogens (primary N) is 1. The van der Waals surface area contributed by atoms with Crippen molar-refractivity contribution >= 4 is 35.4 Å². The molecular weight excluding hydrogens is 558 g/mol. The minimum absolute atomic E-state index is 0.0489.